The molecule has 5 heteroatoms. The molecule has 0 unspecified atom stereocenters. The van der Waals surface area contributed by atoms with E-state index in [1.807, 2.05) is 52.0 Å². The normalized spacial score (nSPS) is 11.3. The van der Waals surface area contributed by atoms with Crippen LogP contribution >= 0.6 is 11.6 Å². The Balaban J connectivity index is 2.26. The summed E-state index contributed by atoms with van der Waals surface area (Å²) in [6.07, 6.45) is 1.28. The topological polar surface area (TPSA) is 54.1 Å². The number of rotatable bonds is 2. The number of aryl methyl sites for hydroxylation is 1. The maximum absolute atomic E-state index is 11.9. The highest BCUT2D eigenvalue weighted by atomic mass is 35.5. The number of carbonyl (C=O) groups excluding carboxylic acids is 1. The fourth-order valence-corrected chi connectivity index (χ4v) is 2.15. The fraction of sp³-hybridized carbons (Fsp3) is 0.312. The van der Waals surface area contributed by atoms with E-state index in [1.165, 1.54) is 0 Å². The van der Waals surface area contributed by atoms with Gasteiger partial charge in [0.15, 0.2) is 0 Å². The summed E-state index contributed by atoms with van der Waals surface area (Å²) >= 11 is 5.91. The molecule has 0 aliphatic carbocycles. The number of amides is 1. The molecule has 4 nitrogen and oxygen atoms in total. The number of hydrogen-bond acceptors (Lipinski definition) is 2. The number of carbonyl (C=O) groups is 1. The van der Waals surface area contributed by atoms with E-state index in [1.54, 1.807) is 6.20 Å². The first kappa shape index (κ1) is 15.4. The summed E-state index contributed by atoms with van der Waals surface area (Å²) in [4.78, 5) is 15.0. The molecule has 2 rings (SSSR count). The first-order valence-corrected chi connectivity index (χ1v) is 7.08. The molecule has 1 heterocycles. The third-order valence-corrected chi connectivity index (χ3v) is 3.10. The van der Waals surface area contributed by atoms with Crippen molar-refractivity contribution in [2.75, 3.05) is 5.32 Å². The molecule has 0 aliphatic rings. The molecule has 0 fully saturated rings. The average molecular weight is 307 g/mol. The van der Waals surface area contributed by atoms with E-state index >= 15 is 0 Å². The van der Waals surface area contributed by atoms with E-state index < -0.39 is 11.7 Å². The zero-order valence-corrected chi connectivity index (χ0v) is 13.3. The van der Waals surface area contributed by atoms with Crippen LogP contribution in [0.2, 0.25) is 5.02 Å². The fourth-order valence-electron chi connectivity index (χ4n) is 2.03. The highest BCUT2D eigenvalue weighted by molar-refractivity contribution is 6.30. The number of anilines is 1. The van der Waals surface area contributed by atoms with E-state index in [0.717, 1.165) is 16.8 Å². The molecule has 0 atom stereocenters. The second-order valence-corrected chi connectivity index (χ2v) is 6.27. The number of aromatic nitrogens is 1. The van der Waals surface area contributed by atoms with Crippen LogP contribution in [0.5, 0.6) is 0 Å². The Bertz CT molecular complexity index is 639. The number of ether oxygens (including phenoxy) is 1. The maximum Gasteiger partial charge on any atom is 0.412 e. The zero-order chi connectivity index (χ0) is 15.6. The SMILES string of the molecule is Cc1[nH]cc(NC(=O)OC(C)(C)C)c1-c1ccc(Cl)cc1. The molecule has 1 aromatic carbocycles. The van der Waals surface area contributed by atoms with E-state index in [0.29, 0.717) is 10.7 Å². The summed E-state index contributed by atoms with van der Waals surface area (Å²) in [6, 6.07) is 7.47. The molecule has 2 aromatic rings. The number of H-pyrrole nitrogens is 1. The van der Waals surface area contributed by atoms with Gasteiger partial charge in [-0.3, -0.25) is 5.32 Å². The van der Waals surface area contributed by atoms with Gasteiger partial charge in [0.2, 0.25) is 0 Å². The lowest BCUT2D eigenvalue weighted by atomic mass is 10.1. The van der Waals surface area contributed by atoms with Crippen LogP contribution in [0.15, 0.2) is 30.5 Å². The Kier molecular flexibility index (Phi) is 4.28. The van der Waals surface area contributed by atoms with Gasteiger partial charge in [-0.05, 0) is 45.4 Å². The lowest BCUT2D eigenvalue weighted by Crippen LogP contribution is -2.27. The van der Waals surface area contributed by atoms with Crippen molar-refractivity contribution in [3.05, 3.63) is 41.2 Å². The van der Waals surface area contributed by atoms with Crippen LogP contribution in [0.1, 0.15) is 26.5 Å². The van der Waals surface area contributed by atoms with Crippen molar-refractivity contribution in [1.29, 1.82) is 0 Å². The number of hydrogen-bond donors (Lipinski definition) is 2. The second kappa shape index (κ2) is 5.82. The highest BCUT2D eigenvalue weighted by Crippen LogP contribution is 2.32. The second-order valence-electron chi connectivity index (χ2n) is 5.84. The first-order chi connectivity index (χ1) is 9.76. The molecule has 1 amide bonds. The van der Waals surface area contributed by atoms with Gasteiger partial charge in [0, 0.05) is 22.5 Å². The molecular weight excluding hydrogens is 288 g/mol. The number of benzene rings is 1. The number of nitrogens with one attached hydrogen (secondary N) is 2. The van der Waals surface area contributed by atoms with Crippen molar-refractivity contribution in [3.63, 3.8) is 0 Å². The maximum atomic E-state index is 11.9. The van der Waals surface area contributed by atoms with E-state index in [-0.39, 0.29) is 0 Å². The molecule has 1 aromatic heterocycles. The Morgan fingerprint density at radius 2 is 1.86 bits per heavy atom. The van der Waals surface area contributed by atoms with Crippen LogP contribution < -0.4 is 5.32 Å². The van der Waals surface area contributed by atoms with Gasteiger partial charge in [-0.15, -0.1) is 0 Å². The molecule has 0 radical (unpaired) electrons. The molecule has 0 aliphatic heterocycles. The van der Waals surface area contributed by atoms with E-state index in [2.05, 4.69) is 10.3 Å². The Hall–Kier alpha value is -1.94. The van der Waals surface area contributed by atoms with Crippen molar-refractivity contribution in [2.45, 2.75) is 33.3 Å². The Morgan fingerprint density at radius 1 is 1.24 bits per heavy atom. The minimum absolute atomic E-state index is 0.475. The van der Waals surface area contributed by atoms with E-state index in [4.69, 9.17) is 16.3 Å². The monoisotopic (exact) mass is 306 g/mol. The summed E-state index contributed by atoms with van der Waals surface area (Å²) in [5.41, 5.74) is 3.02. The smallest absolute Gasteiger partial charge is 0.412 e. The summed E-state index contributed by atoms with van der Waals surface area (Å²) in [6.45, 7) is 7.43. The predicted molar refractivity (Wildman–Crippen MR) is 85.8 cm³/mol. The number of aromatic amines is 1. The van der Waals surface area contributed by atoms with Crippen molar-refractivity contribution in [2.24, 2.45) is 0 Å². The average Bonchev–Trinajstić information content (AvgIpc) is 2.69. The van der Waals surface area contributed by atoms with Gasteiger partial charge < -0.3 is 9.72 Å². The summed E-state index contributed by atoms with van der Waals surface area (Å²) < 4.78 is 5.28. The summed E-state index contributed by atoms with van der Waals surface area (Å²) in [5.74, 6) is 0. The van der Waals surface area contributed by atoms with Gasteiger partial charge >= 0.3 is 6.09 Å². The van der Waals surface area contributed by atoms with Crippen LogP contribution in [0.3, 0.4) is 0 Å². The first-order valence-electron chi connectivity index (χ1n) is 6.70. The van der Waals surface area contributed by atoms with Crippen LogP contribution in [-0.2, 0) is 4.74 Å². The van der Waals surface area contributed by atoms with E-state index in [9.17, 15) is 4.79 Å². The third-order valence-electron chi connectivity index (χ3n) is 2.85. The summed E-state index contributed by atoms with van der Waals surface area (Å²) in [5, 5.41) is 3.45. The number of halogens is 1. The molecule has 112 valence electrons. The zero-order valence-electron chi connectivity index (χ0n) is 12.6. The lowest BCUT2D eigenvalue weighted by molar-refractivity contribution is 0.0636. The molecule has 0 saturated carbocycles. The highest BCUT2D eigenvalue weighted by Gasteiger charge is 2.19. The van der Waals surface area contributed by atoms with Crippen LogP contribution in [0.25, 0.3) is 11.1 Å². The van der Waals surface area contributed by atoms with Crippen molar-refractivity contribution < 1.29 is 9.53 Å². The van der Waals surface area contributed by atoms with Gasteiger partial charge in [0.05, 0.1) is 5.69 Å². The van der Waals surface area contributed by atoms with Gasteiger partial charge in [-0.2, -0.15) is 0 Å². The lowest BCUT2D eigenvalue weighted by Gasteiger charge is -2.19. The molecule has 21 heavy (non-hydrogen) atoms. The van der Waals surface area contributed by atoms with Crippen molar-refractivity contribution in [3.8, 4) is 11.1 Å². The van der Waals surface area contributed by atoms with Gasteiger partial charge in [-0.1, -0.05) is 23.7 Å². The van der Waals surface area contributed by atoms with Crippen molar-refractivity contribution in [1.82, 2.24) is 4.98 Å². The van der Waals surface area contributed by atoms with Crippen LogP contribution in [0.4, 0.5) is 10.5 Å². The minimum atomic E-state index is -0.532. The Labute approximate surface area is 129 Å². The largest absolute Gasteiger partial charge is 0.444 e. The quantitative estimate of drug-likeness (QED) is 0.821. The van der Waals surface area contributed by atoms with Crippen LogP contribution in [-0.4, -0.2) is 16.7 Å². The molecule has 2 N–H and O–H groups in total. The Morgan fingerprint density at radius 3 is 2.43 bits per heavy atom. The molecular formula is C16H19ClN2O2. The third kappa shape index (κ3) is 4.02. The molecule has 0 spiro atoms. The minimum Gasteiger partial charge on any atom is -0.444 e. The standard InChI is InChI=1S/C16H19ClN2O2/c1-10-14(11-5-7-12(17)8-6-11)13(9-18-10)19-15(20)21-16(2,3)4/h5-9,18H,1-4H3,(H,19,20). The molecule has 0 bridgehead atoms. The van der Waals surface area contributed by atoms with Crippen LogP contribution in [0, 0.1) is 6.92 Å². The molecule has 0 saturated heterocycles. The predicted octanol–water partition coefficient (Wildman–Crippen LogP) is 4.99. The van der Waals surface area contributed by atoms with Gasteiger partial charge in [-0.25, -0.2) is 4.79 Å². The van der Waals surface area contributed by atoms with Gasteiger partial charge in [0.1, 0.15) is 5.60 Å². The summed E-state index contributed by atoms with van der Waals surface area (Å²) in [7, 11) is 0. The van der Waals surface area contributed by atoms with Crippen molar-refractivity contribution >= 4 is 23.4 Å². The van der Waals surface area contributed by atoms with Gasteiger partial charge in [0.25, 0.3) is 0 Å².